The normalized spacial score (nSPS) is 23.1. The summed E-state index contributed by atoms with van der Waals surface area (Å²) in [6.45, 7) is 9.85. The molecule has 178 valence electrons. The topological polar surface area (TPSA) is 91.1 Å². The van der Waals surface area contributed by atoms with Crippen LogP contribution in [0.5, 0.6) is 0 Å². The number of nitrogens with zero attached hydrogens (tertiary/aromatic N) is 7. The molecule has 1 amide bonds. The molecule has 3 fully saturated rings. The van der Waals surface area contributed by atoms with E-state index in [0.717, 1.165) is 95.7 Å². The first-order valence-corrected chi connectivity index (χ1v) is 12.1. The van der Waals surface area contributed by atoms with Gasteiger partial charge in [0.1, 0.15) is 12.4 Å². The maximum atomic E-state index is 12.6. The minimum absolute atomic E-state index is 0.251. The van der Waals surface area contributed by atoms with Gasteiger partial charge in [-0.2, -0.15) is 0 Å². The highest BCUT2D eigenvalue weighted by Crippen LogP contribution is 2.12. The van der Waals surface area contributed by atoms with Gasteiger partial charge in [0.25, 0.3) is 0 Å². The van der Waals surface area contributed by atoms with E-state index in [-0.39, 0.29) is 12.0 Å². The van der Waals surface area contributed by atoms with Crippen molar-refractivity contribution in [3.63, 3.8) is 0 Å². The average Bonchev–Trinajstić information content (AvgIpc) is 3.46. The quantitative estimate of drug-likeness (QED) is 0.499. The number of aliphatic imine (C=N–C) groups is 1. The standard InChI is InChI=1S/C22H38N8O2/c1-18-25-26-20(27(18)2)16-24-22(23-15-19-7-6-14-32-19)30-12-10-28(11-13-30)17-21(31)29-8-4-3-5-9-29/h19H,3-17H2,1-2H3,(H,23,24). The second-order valence-corrected chi connectivity index (χ2v) is 9.08. The third kappa shape index (κ3) is 5.98. The number of aromatic nitrogens is 3. The van der Waals surface area contributed by atoms with Crippen molar-refractivity contribution < 1.29 is 9.53 Å². The van der Waals surface area contributed by atoms with Gasteiger partial charge in [0.2, 0.25) is 5.91 Å². The Hall–Kier alpha value is -2.20. The van der Waals surface area contributed by atoms with E-state index in [2.05, 4.69) is 25.3 Å². The zero-order valence-electron chi connectivity index (χ0n) is 19.6. The molecule has 0 saturated carbocycles. The molecule has 1 N–H and O–H groups in total. The molecule has 1 unspecified atom stereocenters. The first kappa shape index (κ1) is 23.0. The minimum atomic E-state index is 0.251. The minimum Gasteiger partial charge on any atom is -0.376 e. The van der Waals surface area contributed by atoms with Gasteiger partial charge in [-0.05, 0) is 39.0 Å². The Bertz CT molecular complexity index is 775. The SMILES string of the molecule is Cc1nnc(CN=C(NCC2CCCO2)N2CCN(CC(=O)N3CCCCC3)CC2)n1C. The number of carbonyl (C=O) groups excluding carboxylic acids is 1. The molecule has 0 aliphatic carbocycles. The molecule has 10 nitrogen and oxygen atoms in total. The van der Waals surface area contributed by atoms with Gasteiger partial charge in [0.05, 0.1) is 12.6 Å². The van der Waals surface area contributed by atoms with E-state index < -0.39 is 0 Å². The molecule has 32 heavy (non-hydrogen) atoms. The zero-order chi connectivity index (χ0) is 22.3. The number of guanidine groups is 1. The van der Waals surface area contributed by atoms with Crippen LogP contribution < -0.4 is 5.32 Å². The lowest BCUT2D eigenvalue weighted by Gasteiger charge is -2.37. The third-order valence-electron chi connectivity index (χ3n) is 6.80. The molecular weight excluding hydrogens is 408 g/mol. The molecule has 4 rings (SSSR count). The number of likely N-dealkylation sites (tertiary alicyclic amines) is 1. The molecule has 1 aromatic heterocycles. The third-order valence-corrected chi connectivity index (χ3v) is 6.80. The van der Waals surface area contributed by atoms with Gasteiger partial charge in [-0.3, -0.25) is 9.69 Å². The number of aryl methyl sites for hydroxylation is 1. The van der Waals surface area contributed by atoms with Crippen molar-refractivity contribution in [1.29, 1.82) is 0 Å². The second kappa shape index (κ2) is 11.1. The zero-order valence-corrected chi connectivity index (χ0v) is 19.6. The highest BCUT2D eigenvalue weighted by Gasteiger charge is 2.25. The smallest absolute Gasteiger partial charge is 0.236 e. The molecule has 3 saturated heterocycles. The molecular formula is C22H38N8O2. The van der Waals surface area contributed by atoms with Gasteiger partial charge < -0.3 is 24.4 Å². The Kier molecular flexibility index (Phi) is 7.96. The summed E-state index contributed by atoms with van der Waals surface area (Å²) in [5.74, 6) is 2.91. The number of ether oxygens (including phenoxy) is 1. The van der Waals surface area contributed by atoms with Crippen molar-refractivity contribution in [2.45, 2.75) is 51.7 Å². The van der Waals surface area contributed by atoms with Crippen LogP contribution in [-0.4, -0.2) is 106 Å². The predicted octanol–water partition coefficient (Wildman–Crippen LogP) is 0.378. The molecule has 1 aromatic rings. The summed E-state index contributed by atoms with van der Waals surface area (Å²) < 4.78 is 7.76. The molecule has 3 aliphatic rings. The van der Waals surface area contributed by atoms with Crippen molar-refractivity contribution in [3.05, 3.63) is 11.6 Å². The van der Waals surface area contributed by atoms with Gasteiger partial charge in [-0.15, -0.1) is 10.2 Å². The van der Waals surface area contributed by atoms with E-state index in [1.54, 1.807) is 0 Å². The Morgan fingerprint density at radius 2 is 1.84 bits per heavy atom. The molecule has 0 aromatic carbocycles. The van der Waals surface area contributed by atoms with Crippen LogP contribution >= 0.6 is 0 Å². The highest BCUT2D eigenvalue weighted by atomic mass is 16.5. The summed E-state index contributed by atoms with van der Waals surface area (Å²) in [7, 11) is 1.97. The van der Waals surface area contributed by atoms with Crippen LogP contribution in [0.15, 0.2) is 4.99 Å². The van der Waals surface area contributed by atoms with Crippen LogP contribution in [0, 0.1) is 6.92 Å². The molecule has 0 bridgehead atoms. The summed E-state index contributed by atoms with van der Waals surface area (Å²) >= 11 is 0. The molecule has 4 heterocycles. The maximum Gasteiger partial charge on any atom is 0.236 e. The number of nitrogens with one attached hydrogen (secondary N) is 1. The van der Waals surface area contributed by atoms with E-state index in [4.69, 9.17) is 9.73 Å². The Balaban J connectivity index is 1.32. The molecule has 10 heteroatoms. The van der Waals surface area contributed by atoms with Crippen LogP contribution in [0.3, 0.4) is 0 Å². The van der Waals surface area contributed by atoms with Gasteiger partial charge in [0, 0.05) is 59.5 Å². The van der Waals surface area contributed by atoms with Crippen LogP contribution in [-0.2, 0) is 23.1 Å². The molecule has 0 spiro atoms. The van der Waals surface area contributed by atoms with Gasteiger partial charge in [-0.1, -0.05) is 0 Å². The first-order valence-electron chi connectivity index (χ1n) is 12.1. The second-order valence-electron chi connectivity index (χ2n) is 9.08. The number of carbonyl (C=O) groups is 1. The lowest BCUT2D eigenvalue weighted by Crippen LogP contribution is -2.55. The highest BCUT2D eigenvalue weighted by molar-refractivity contribution is 5.80. The summed E-state index contributed by atoms with van der Waals surface area (Å²) in [5, 5.41) is 11.9. The first-order chi connectivity index (χ1) is 15.6. The lowest BCUT2D eigenvalue weighted by atomic mass is 10.1. The fourth-order valence-corrected chi connectivity index (χ4v) is 4.56. The fourth-order valence-electron chi connectivity index (χ4n) is 4.56. The predicted molar refractivity (Wildman–Crippen MR) is 122 cm³/mol. The van der Waals surface area contributed by atoms with Crippen molar-refractivity contribution in [2.24, 2.45) is 12.0 Å². The number of rotatable bonds is 6. The molecule has 3 aliphatic heterocycles. The maximum absolute atomic E-state index is 12.6. The summed E-state index contributed by atoms with van der Waals surface area (Å²) in [6, 6.07) is 0. The van der Waals surface area contributed by atoms with E-state index in [0.29, 0.717) is 13.1 Å². The number of piperazine rings is 1. The van der Waals surface area contributed by atoms with Crippen molar-refractivity contribution >= 4 is 11.9 Å². The number of piperidine rings is 1. The van der Waals surface area contributed by atoms with Crippen molar-refractivity contribution in [3.8, 4) is 0 Å². The number of hydrogen-bond acceptors (Lipinski definition) is 6. The van der Waals surface area contributed by atoms with Gasteiger partial charge in [0.15, 0.2) is 11.8 Å². The van der Waals surface area contributed by atoms with E-state index >= 15 is 0 Å². The van der Waals surface area contributed by atoms with Crippen molar-refractivity contribution in [1.82, 2.24) is 34.8 Å². The molecule has 1 atom stereocenters. The fraction of sp³-hybridized carbons (Fsp3) is 0.818. The van der Waals surface area contributed by atoms with E-state index in [9.17, 15) is 4.79 Å². The Morgan fingerprint density at radius 3 is 2.50 bits per heavy atom. The average molecular weight is 447 g/mol. The summed E-state index contributed by atoms with van der Waals surface area (Å²) in [5.41, 5.74) is 0. The number of amides is 1. The Labute approximate surface area is 191 Å². The summed E-state index contributed by atoms with van der Waals surface area (Å²) in [4.78, 5) is 24.1. The van der Waals surface area contributed by atoms with Crippen LogP contribution in [0.2, 0.25) is 0 Å². The van der Waals surface area contributed by atoms with Crippen molar-refractivity contribution in [2.75, 3.05) is 59.0 Å². The van der Waals surface area contributed by atoms with Gasteiger partial charge in [-0.25, -0.2) is 4.99 Å². The van der Waals surface area contributed by atoms with Crippen LogP contribution in [0.4, 0.5) is 0 Å². The summed E-state index contributed by atoms with van der Waals surface area (Å²) in [6.07, 6.45) is 6.00. The van der Waals surface area contributed by atoms with E-state index in [1.807, 2.05) is 23.4 Å². The van der Waals surface area contributed by atoms with Crippen LogP contribution in [0.25, 0.3) is 0 Å². The lowest BCUT2D eigenvalue weighted by molar-refractivity contribution is -0.133. The van der Waals surface area contributed by atoms with Crippen LogP contribution in [0.1, 0.15) is 43.8 Å². The molecule has 0 radical (unpaired) electrons. The van der Waals surface area contributed by atoms with E-state index in [1.165, 1.54) is 6.42 Å². The Morgan fingerprint density at radius 1 is 1.06 bits per heavy atom. The van der Waals surface area contributed by atoms with Gasteiger partial charge >= 0.3 is 0 Å². The monoisotopic (exact) mass is 446 g/mol. The largest absolute Gasteiger partial charge is 0.376 e. The number of hydrogen-bond donors (Lipinski definition) is 1.